The number of rotatable bonds is 5. The van der Waals surface area contributed by atoms with Crippen LogP contribution in [0.15, 0.2) is 11.2 Å². The minimum Gasteiger partial charge on any atom is -0.352 e. The molecule has 2 N–H and O–H groups in total. The van der Waals surface area contributed by atoms with Crippen LogP contribution in [-0.4, -0.2) is 48.1 Å². The Bertz CT molecular complexity index is 521. The van der Waals surface area contributed by atoms with Gasteiger partial charge in [0, 0.05) is 43.3 Å². The standard InChI is InChI=1S/C17H29N5S/c1-3-15-10-19-16(23-15)11-20-17(18-2)21-13-8-9-22(12-13)14-6-4-5-7-14/h10,13-14H,3-9,11-12H2,1-2H3,(H2,18,20,21). The summed E-state index contributed by atoms with van der Waals surface area (Å²) in [6, 6.07) is 1.35. The normalized spacial score (nSPS) is 23.6. The van der Waals surface area contributed by atoms with Gasteiger partial charge in [-0.25, -0.2) is 4.98 Å². The van der Waals surface area contributed by atoms with Crippen LogP contribution in [0.2, 0.25) is 0 Å². The first kappa shape index (κ1) is 16.7. The summed E-state index contributed by atoms with van der Waals surface area (Å²) in [7, 11) is 1.85. The van der Waals surface area contributed by atoms with Crippen molar-refractivity contribution in [3.63, 3.8) is 0 Å². The lowest BCUT2D eigenvalue weighted by Gasteiger charge is -2.24. The average Bonchev–Trinajstić information content (AvgIpc) is 3.31. The molecule has 1 saturated heterocycles. The van der Waals surface area contributed by atoms with Gasteiger partial charge in [0.15, 0.2) is 5.96 Å². The zero-order valence-corrected chi connectivity index (χ0v) is 15.2. The summed E-state index contributed by atoms with van der Waals surface area (Å²) in [5.74, 6) is 0.900. The van der Waals surface area contributed by atoms with E-state index >= 15 is 0 Å². The Morgan fingerprint density at radius 3 is 2.91 bits per heavy atom. The number of guanidine groups is 1. The quantitative estimate of drug-likeness (QED) is 0.641. The number of nitrogens with one attached hydrogen (secondary N) is 2. The number of nitrogens with zero attached hydrogens (tertiary/aromatic N) is 3. The van der Waals surface area contributed by atoms with Crippen LogP contribution in [0.25, 0.3) is 0 Å². The molecule has 1 atom stereocenters. The van der Waals surface area contributed by atoms with Crippen molar-refractivity contribution < 1.29 is 0 Å². The first-order chi connectivity index (χ1) is 11.3. The molecule has 1 unspecified atom stereocenters. The predicted octanol–water partition coefficient (Wildman–Crippen LogP) is 2.39. The van der Waals surface area contributed by atoms with Crippen molar-refractivity contribution in [2.45, 2.75) is 64.1 Å². The number of aromatic nitrogens is 1. The van der Waals surface area contributed by atoms with Gasteiger partial charge in [0.2, 0.25) is 0 Å². The third-order valence-corrected chi connectivity index (χ3v) is 6.12. The lowest BCUT2D eigenvalue weighted by Crippen LogP contribution is -2.45. The largest absolute Gasteiger partial charge is 0.352 e. The monoisotopic (exact) mass is 335 g/mol. The van der Waals surface area contributed by atoms with Gasteiger partial charge in [-0.15, -0.1) is 11.3 Å². The van der Waals surface area contributed by atoms with E-state index in [1.165, 1.54) is 43.5 Å². The first-order valence-corrected chi connectivity index (χ1v) is 9.75. The van der Waals surface area contributed by atoms with Crippen molar-refractivity contribution in [2.24, 2.45) is 4.99 Å². The Hall–Kier alpha value is -1.14. The van der Waals surface area contributed by atoms with E-state index in [2.05, 4.69) is 32.4 Å². The molecule has 3 rings (SSSR count). The van der Waals surface area contributed by atoms with Crippen LogP contribution < -0.4 is 10.6 Å². The van der Waals surface area contributed by atoms with Gasteiger partial charge in [0.1, 0.15) is 5.01 Å². The van der Waals surface area contributed by atoms with Gasteiger partial charge in [-0.2, -0.15) is 0 Å². The minimum absolute atomic E-state index is 0.518. The smallest absolute Gasteiger partial charge is 0.191 e. The Balaban J connectivity index is 1.44. The fourth-order valence-electron chi connectivity index (χ4n) is 3.65. The summed E-state index contributed by atoms with van der Waals surface area (Å²) in [4.78, 5) is 12.8. The van der Waals surface area contributed by atoms with Gasteiger partial charge in [0.25, 0.3) is 0 Å². The van der Waals surface area contributed by atoms with Gasteiger partial charge in [-0.3, -0.25) is 9.89 Å². The molecule has 23 heavy (non-hydrogen) atoms. The van der Waals surface area contributed by atoms with Crippen molar-refractivity contribution in [1.82, 2.24) is 20.5 Å². The fraction of sp³-hybridized carbons (Fsp3) is 0.765. The number of thiazole rings is 1. The van der Waals surface area contributed by atoms with Crippen molar-refractivity contribution in [1.29, 1.82) is 0 Å². The first-order valence-electron chi connectivity index (χ1n) is 8.93. The molecular formula is C17H29N5S. The highest BCUT2D eigenvalue weighted by atomic mass is 32.1. The van der Waals surface area contributed by atoms with Crippen molar-refractivity contribution >= 4 is 17.3 Å². The number of hydrogen-bond acceptors (Lipinski definition) is 4. The third-order valence-electron chi connectivity index (χ3n) is 4.98. The average molecular weight is 336 g/mol. The van der Waals surface area contributed by atoms with Gasteiger partial charge in [-0.1, -0.05) is 19.8 Å². The van der Waals surface area contributed by atoms with Gasteiger partial charge in [0.05, 0.1) is 6.54 Å². The van der Waals surface area contributed by atoms with E-state index in [0.29, 0.717) is 6.04 Å². The summed E-state index contributed by atoms with van der Waals surface area (Å²) in [5, 5.41) is 8.12. The summed E-state index contributed by atoms with van der Waals surface area (Å²) >= 11 is 1.78. The fourth-order valence-corrected chi connectivity index (χ4v) is 4.45. The molecule has 128 valence electrons. The number of aliphatic imine (C=N–C) groups is 1. The van der Waals surface area contributed by atoms with Crippen LogP contribution >= 0.6 is 11.3 Å². The SMILES string of the molecule is CCc1cnc(CNC(=NC)NC2CCN(C3CCCC3)C2)s1. The highest BCUT2D eigenvalue weighted by Gasteiger charge is 2.30. The number of likely N-dealkylation sites (tertiary alicyclic amines) is 1. The van der Waals surface area contributed by atoms with Crippen LogP contribution in [0.5, 0.6) is 0 Å². The van der Waals surface area contributed by atoms with E-state index in [9.17, 15) is 0 Å². The highest BCUT2D eigenvalue weighted by molar-refractivity contribution is 7.11. The molecule has 0 spiro atoms. The molecule has 2 heterocycles. The molecule has 0 bridgehead atoms. The molecule has 1 saturated carbocycles. The van der Waals surface area contributed by atoms with Crippen molar-refractivity contribution in [2.75, 3.05) is 20.1 Å². The lowest BCUT2D eigenvalue weighted by atomic mass is 10.2. The van der Waals surface area contributed by atoms with E-state index in [4.69, 9.17) is 0 Å². The zero-order valence-electron chi connectivity index (χ0n) is 14.3. The summed E-state index contributed by atoms with van der Waals surface area (Å²) < 4.78 is 0. The molecule has 1 aromatic heterocycles. The van der Waals surface area contributed by atoms with Crippen LogP contribution in [0, 0.1) is 0 Å². The second kappa shape index (κ2) is 8.11. The van der Waals surface area contributed by atoms with E-state index < -0.39 is 0 Å². The Labute approximate surface area is 143 Å². The maximum atomic E-state index is 4.45. The molecule has 0 radical (unpaired) electrons. The second-order valence-corrected chi connectivity index (χ2v) is 7.76. The lowest BCUT2D eigenvalue weighted by molar-refractivity contribution is 0.242. The molecular weight excluding hydrogens is 306 g/mol. The maximum absolute atomic E-state index is 4.45. The van der Waals surface area contributed by atoms with E-state index in [1.807, 2.05) is 13.2 Å². The molecule has 2 fully saturated rings. The minimum atomic E-state index is 0.518. The van der Waals surface area contributed by atoms with Gasteiger partial charge in [-0.05, 0) is 25.7 Å². The summed E-state index contributed by atoms with van der Waals surface area (Å²) in [6.45, 7) is 5.30. The van der Waals surface area contributed by atoms with Crippen LogP contribution in [0.1, 0.15) is 48.9 Å². The number of aryl methyl sites for hydroxylation is 1. The highest BCUT2D eigenvalue weighted by Crippen LogP contribution is 2.26. The maximum Gasteiger partial charge on any atom is 0.191 e. The van der Waals surface area contributed by atoms with Crippen LogP contribution in [0.4, 0.5) is 0 Å². The molecule has 5 nitrogen and oxygen atoms in total. The van der Waals surface area contributed by atoms with Crippen molar-refractivity contribution in [3.8, 4) is 0 Å². The summed E-state index contributed by atoms with van der Waals surface area (Å²) in [5.41, 5.74) is 0. The van der Waals surface area contributed by atoms with Crippen LogP contribution in [0.3, 0.4) is 0 Å². The number of hydrogen-bond donors (Lipinski definition) is 2. The van der Waals surface area contributed by atoms with E-state index in [1.54, 1.807) is 11.3 Å². The predicted molar refractivity (Wildman–Crippen MR) is 97.1 cm³/mol. The molecule has 1 aliphatic carbocycles. The molecule has 0 aromatic carbocycles. The van der Waals surface area contributed by atoms with E-state index in [-0.39, 0.29) is 0 Å². The zero-order chi connectivity index (χ0) is 16.1. The van der Waals surface area contributed by atoms with E-state index in [0.717, 1.165) is 36.5 Å². The van der Waals surface area contributed by atoms with Gasteiger partial charge < -0.3 is 10.6 Å². The molecule has 1 aliphatic heterocycles. The Morgan fingerprint density at radius 2 is 2.22 bits per heavy atom. The molecule has 0 amide bonds. The third kappa shape index (κ3) is 4.44. The Morgan fingerprint density at radius 1 is 1.39 bits per heavy atom. The summed E-state index contributed by atoms with van der Waals surface area (Å²) in [6.07, 6.45) is 9.87. The molecule has 2 aliphatic rings. The Kier molecular flexibility index (Phi) is 5.89. The van der Waals surface area contributed by atoms with Crippen molar-refractivity contribution in [3.05, 3.63) is 16.1 Å². The second-order valence-electron chi connectivity index (χ2n) is 6.56. The molecule has 6 heteroatoms. The van der Waals surface area contributed by atoms with Crippen LogP contribution in [-0.2, 0) is 13.0 Å². The van der Waals surface area contributed by atoms with Gasteiger partial charge >= 0.3 is 0 Å². The topological polar surface area (TPSA) is 52.6 Å². The molecule has 1 aromatic rings.